The van der Waals surface area contributed by atoms with Crippen LogP contribution in [0.2, 0.25) is 10.0 Å². The number of amides is 1. The van der Waals surface area contributed by atoms with Gasteiger partial charge < -0.3 is 25.0 Å². The number of aromatic nitrogens is 4. The standard InChI is InChI=1S/C26H28Cl2F3N7O3.C8H12FN/c1-4-36(2)24(39)22-21(28)18-11-37(6-5-7-38(18)35-22)23-15-12-41-19(10-17(15)33-25(34-23)40-3)14-8-13(32)9-16(27)20(14)26(29,30)31;9-5-7-4-8-2-1-3-10(8)6-7/h8-9,19H,4-7,10-12,32H2,1-3H3;5,8H,1-4,6H2/b;7-5-. The summed E-state index contributed by atoms with van der Waals surface area (Å²) in [5.41, 5.74) is 7.73. The highest BCUT2D eigenvalue weighted by atomic mass is 35.5. The van der Waals surface area contributed by atoms with Gasteiger partial charge in [0.25, 0.3) is 5.91 Å². The molecule has 6 heterocycles. The normalized spacial score (nSPS) is 21.0. The average molecular weight is 756 g/mol. The number of hydrogen-bond donors (Lipinski definition) is 1. The van der Waals surface area contributed by atoms with E-state index in [1.54, 1.807) is 11.7 Å². The largest absolute Gasteiger partial charge is 0.467 e. The van der Waals surface area contributed by atoms with Crippen LogP contribution >= 0.6 is 23.2 Å². The molecule has 4 aliphatic rings. The second kappa shape index (κ2) is 15.1. The molecule has 7 rings (SSSR count). The summed E-state index contributed by atoms with van der Waals surface area (Å²) >= 11 is 12.7. The van der Waals surface area contributed by atoms with Gasteiger partial charge in [-0.25, -0.2) is 4.39 Å². The minimum absolute atomic E-state index is 0.0125. The summed E-state index contributed by atoms with van der Waals surface area (Å²) in [7, 11) is 3.09. The Morgan fingerprint density at radius 1 is 1.16 bits per heavy atom. The van der Waals surface area contributed by atoms with Gasteiger partial charge in [-0.3, -0.25) is 14.4 Å². The van der Waals surface area contributed by atoms with Gasteiger partial charge in [-0.2, -0.15) is 28.2 Å². The number of carbonyl (C=O) groups excluding carboxylic acids is 1. The lowest BCUT2D eigenvalue weighted by molar-refractivity contribution is -0.139. The van der Waals surface area contributed by atoms with Crippen molar-refractivity contribution in [1.82, 2.24) is 29.5 Å². The van der Waals surface area contributed by atoms with Crippen molar-refractivity contribution in [3.8, 4) is 6.01 Å². The Labute approximate surface area is 303 Å². The van der Waals surface area contributed by atoms with Gasteiger partial charge in [-0.15, -0.1) is 0 Å². The molecule has 0 aliphatic carbocycles. The van der Waals surface area contributed by atoms with Crippen LogP contribution in [0.25, 0.3) is 0 Å². The maximum absolute atomic E-state index is 14.0. The summed E-state index contributed by atoms with van der Waals surface area (Å²) in [6.07, 6.45) is -0.672. The number of hydrogen-bond acceptors (Lipinski definition) is 9. The third-order valence-corrected chi connectivity index (χ3v) is 10.5. The number of nitrogens with zero attached hydrogens (tertiary/aromatic N) is 7. The molecule has 17 heteroatoms. The van der Waals surface area contributed by atoms with E-state index in [1.165, 1.54) is 37.5 Å². The smallest absolute Gasteiger partial charge is 0.418 e. The van der Waals surface area contributed by atoms with Crippen molar-refractivity contribution in [3.63, 3.8) is 0 Å². The summed E-state index contributed by atoms with van der Waals surface area (Å²) < 4.78 is 67.0. The van der Waals surface area contributed by atoms with Crippen LogP contribution in [0.15, 0.2) is 24.0 Å². The van der Waals surface area contributed by atoms with E-state index >= 15 is 0 Å². The number of aryl methyl sites for hydroxylation is 1. The molecule has 0 saturated carbocycles. The van der Waals surface area contributed by atoms with Crippen LogP contribution in [0.4, 0.5) is 29.1 Å². The third kappa shape index (κ3) is 7.62. The van der Waals surface area contributed by atoms with E-state index in [4.69, 9.17) is 38.4 Å². The molecule has 4 aliphatic heterocycles. The highest BCUT2D eigenvalue weighted by molar-refractivity contribution is 6.34. The van der Waals surface area contributed by atoms with E-state index in [1.807, 2.05) is 11.8 Å². The van der Waals surface area contributed by atoms with Crippen LogP contribution in [0.1, 0.15) is 77.3 Å². The Morgan fingerprint density at radius 3 is 2.63 bits per heavy atom. The summed E-state index contributed by atoms with van der Waals surface area (Å²) in [5.74, 6) is 0.237. The van der Waals surface area contributed by atoms with Crippen molar-refractivity contribution >= 4 is 40.6 Å². The van der Waals surface area contributed by atoms with Gasteiger partial charge in [-0.1, -0.05) is 23.2 Å². The number of nitrogen functional groups attached to an aromatic ring is 1. The molecule has 2 atom stereocenters. The summed E-state index contributed by atoms with van der Waals surface area (Å²) in [5, 5.41) is 4.26. The summed E-state index contributed by atoms with van der Waals surface area (Å²) in [6, 6.07) is 3.05. The van der Waals surface area contributed by atoms with Gasteiger partial charge >= 0.3 is 12.2 Å². The first-order valence-electron chi connectivity index (χ1n) is 16.8. The first kappa shape index (κ1) is 37.1. The lowest BCUT2D eigenvalue weighted by atomic mass is 9.94. The van der Waals surface area contributed by atoms with Crippen LogP contribution in [0, 0.1) is 0 Å². The number of anilines is 2. The Bertz CT molecular complexity index is 1810. The van der Waals surface area contributed by atoms with Crippen LogP contribution < -0.4 is 15.4 Å². The maximum atomic E-state index is 14.0. The summed E-state index contributed by atoms with van der Waals surface area (Å²) in [6.45, 7) is 5.77. The highest BCUT2D eigenvalue weighted by Gasteiger charge is 2.40. The van der Waals surface area contributed by atoms with E-state index in [-0.39, 0.29) is 53.5 Å². The molecule has 51 heavy (non-hydrogen) atoms. The lowest BCUT2D eigenvalue weighted by Crippen LogP contribution is -2.29. The fourth-order valence-electron chi connectivity index (χ4n) is 7.15. The van der Waals surface area contributed by atoms with E-state index in [2.05, 4.69) is 20.0 Å². The average Bonchev–Trinajstić information content (AvgIpc) is 3.75. The molecule has 0 radical (unpaired) electrons. The fraction of sp³-hybridized carbons (Fsp3) is 0.529. The Kier molecular flexibility index (Phi) is 11.0. The molecule has 2 saturated heterocycles. The first-order chi connectivity index (χ1) is 24.3. The number of carbonyl (C=O) groups is 1. The molecule has 2 aromatic heterocycles. The SMILES string of the molecule is CCN(C)C(=O)c1nn2c(c1Cl)CN(c1nc(OC)nc3c1COC(c1cc(N)cc(Cl)c1C(F)(F)F)C3)CCC2.F/C=C1/CC2CCCN2C1. The van der Waals surface area contributed by atoms with E-state index < -0.39 is 22.9 Å². The Balaban J connectivity index is 0.000000381. The zero-order valence-electron chi connectivity index (χ0n) is 28.6. The van der Waals surface area contributed by atoms with Gasteiger partial charge in [0.05, 0.1) is 59.7 Å². The van der Waals surface area contributed by atoms with Crippen molar-refractivity contribution in [2.45, 2.75) is 77.0 Å². The predicted octanol–water partition coefficient (Wildman–Crippen LogP) is 6.61. The number of ether oxygens (including phenoxy) is 2. The lowest BCUT2D eigenvalue weighted by Gasteiger charge is -2.31. The molecule has 276 valence electrons. The van der Waals surface area contributed by atoms with E-state index in [0.29, 0.717) is 54.9 Å². The molecular weight excluding hydrogens is 715 g/mol. The minimum Gasteiger partial charge on any atom is -0.467 e. The Morgan fingerprint density at radius 2 is 1.94 bits per heavy atom. The molecule has 0 spiro atoms. The van der Waals surface area contributed by atoms with Gasteiger partial charge in [0.1, 0.15) is 5.82 Å². The maximum Gasteiger partial charge on any atom is 0.418 e. The number of halogens is 6. The van der Waals surface area contributed by atoms with Crippen LogP contribution in [-0.4, -0.2) is 81.8 Å². The molecular formula is C34H40Cl2F4N8O3. The fourth-order valence-corrected chi connectivity index (χ4v) is 7.77. The monoisotopic (exact) mass is 754 g/mol. The molecule has 2 N–H and O–H groups in total. The quantitative estimate of drug-likeness (QED) is 0.227. The molecule has 0 bridgehead atoms. The topological polar surface area (TPSA) is 115 Å². The van der Waals surface area contributed by atoms with Crippen LogP contribution in [0.3, 0.4) is 0 Å². The van der Waals surface area contributed by atoms with E-state index in [0.717, 1.165) is 30.9 Å². The Hall–Kier alpha value is -3.66. The molecule has 11 nitrogen and oxygen atoms in total. The van der Waals surface area contributed by atoms with Crippen molar-refractivity contribution in [1.29, 1.82) is 0 Å². The second-order valence-electron chi connectivity index (χ2n) is 13.1. The highest BCUT2D eigenvalue weighted by Crippen LogP contribution is 2.45. The first-order valence-corrected chi connectivity index (χ1v) is 17.6. The molecule has 3 aromatic rings. The predicted molar refractivity (Wildman–Crippen MR) is 185 cm³/mol. The van der Waals surface area contributed by atoms with Crippen molar-refractivity contribution in [2.24, 2.45) is 0 Å². The van der Waals surface area contributed by atoms with Crippen molar-refractivity contribution in [3.05, 3.63) is 67.9 Å². The zero-order valence-corrected chi connectivity index (χ0v) is 30.1. The number of methoxy groups -OCH3 is 1. The van der Waals surface area contributed by atoms with E-state index in [9.17, 15) is 22.4 Å². The van der Waals surface area contributed by atoms with Crippen molar-refractivity contribution in [2.75, 3.05) is 51.0 Å². The number of fused-ring (bicyclic) bond motifs is 3. The number of benzene rings is 1. The molecule has 2 unspecified atom stereocenters. The van der Waals surface area contributed by atoms with Crippen LogP contribution in [-0.2, 0) is 37.0 Å². The van der Waals surface area contributed by atoms with Crippen LogP contribution in [0.5, 0.6) is 6.01 Å². The molecule has 1 amide bonds. The second-order valence-corrected chi connectivity index (χ2v) is 13.9. The van der Waals surface area contributed by atoms with Gasteiger partial charge in [0, 0.05) is 56.9 Å². The zero-order chi connectivity index (χ0) is 36.6. The van der Waals surface area contributed by atoms with Gasteiger partial charge in [0.15, 0.2) is 5.69 Å². The van der Waals surface area contributed by atoms with Crippen molar-refractivity contribution < 1.29 is 31.8 Å². The molecule has 2 fully saturated rings. The minimum atomic E-state index is -4.71. The number of alkyl halides is 3. The number of nitrogens with two attached hydrogens (primary N) is 1. The van der Waals surface area contributed by atoms with Gasteiger partial charge in [-0.05, 0) is 62.4 Å². The molecule has 1 aromatic carbocycles. The third-order valence-electron chi connectivity index (χ3n) is 9.83. The number of rotatable bonds is 5. The van der Waals surface area contributed by atoms with Gasteiger partial charge in [0.2, 0.25) is 0 Å². The summed E-state index contributed by atoms with van der Waals surface area (Å²) in [4.78, 5) is 27.7.